The molecule has 1 aromatic heterocycles. The topological polar surface area (TPSA) is 50.9 Å². The number of hydrogen-bond donors (Lipinski definition) is 2. The Hall–Kier alpha value is -2.01. The molecule has 0 spiro atoms. The zero-order valence-corrected chi connectivity index (χ0v) is 9.67. The lowest BCUT2D eigenvalue weighted by atomic mass is 10.2. The Morgan fingerprint density at radius 3 is 2.71 bits per heavy atom. The molecular weight excluding hydrogens is 237 g/mol. The smallest absolute Gasteiger partial charge is 0.130 e. The molecule has 2 aromatic rings. The van der Waals surface area contributed by atoms with E-state index in [2.05, 4.69) is 10.3 Å². The molecule has 2 rings (SSSR count). The van der Waals surface area contributed by atoms with Crippen molar-refractivity contribution in [3.63, 3.8) is 0 Å². The molecule has 0 saturated carbocycles. The Morgan fingerprint density at radius 1 is 1.29 bits per heavy atom. The Morgan fingerprint density at radius 2 is 2.12 bits per heavy atom. The van der Waals surface area contributed by atoms with Gasteiger partial charge in [-0.1, -0.05) is 18.3 Å². The number of pyridine rings is 1. The number of rotatable bonds is 3. The van der Waals surface area contributed by atoms with E-state index in [1.54, 1.807) is 30.5 Å². The maximum atomic E-state index is 12.9. The highest BCUT2D eigenvalue weighted by Gasteiger charge is 1.99. The summed E-state index contributed by atoms with van der Waals surface area (Å²) in [7, 11) is 0. The summed E-state index contributed by atoms with van der Waals surface area (Å²) in [4.78, 5) is 4.42. The number of thiocarbonyl (C=S) groups is 1. The van der Waals surface area contributed by atoms with Crippen LogP contribution in [0.3, 0.4) is 0 Å². The van der Waals surface area contributed by atoms with Crippen molar-refractivity contribution in [1.29, 1.82) is 0 Å². The largest absolute Gasteiger partial charge is 0.389 e. The van der Waals surface area contributed by atoms with E-state index in [4.69, 9.17) is 18.0 Å². The van der Waals surface area contributed by atoms with Gasteiger partial charge in [0.15, 0.2) is 0 Å². The van der Waals surface area contributed by atoms with E-state index in [0.29, 0.717) is 22.1 Å². The van der Waals surface area contributed by atoms with E-state index in [-0.39, 0.29) is 5.82 Å². The second kappa shape index (κ2) is 4.88. The van der Waals surface area contributed by atoms with Gasteiger partial charge in [0, 0.05) is 17.4 Å². The van der Waals surface area contributed by atoms with Crippen molar-refractivity contribution >= 4 is 28.7 Å². The average Bonchev–Trinajstić information content (AvgIpc) is 2.29. The number of nitrogens with two attached hydrogens (primary N) is 1. The van der Waals surface area contributed by atoms with Crippen LogP contribution >= 0.6 is 12.2 Å². The van der Waals surface area contributed by atoms with Crippen molar-refractivity contribution in [3.05, 3.63) is 54.0 Å². The van der Waals surface area contributed by atoms with E-state index in [1.165, 1.54) is 12.1 Å². The number of nitrogens with zero attached hydrogens (tertiary/aromatic N) is 1. The van der Waals surface area contributed by atoms with E-state index < -0.39 is 0 Å². The number of nitrogens with one attached hydrogen (secondary N) is 1. The first-order chi connectivity index (χ1) is 8.15. The molecular formula is C12H10FN3S. The molecule has 0 atom stereocenters. The molecule has 0 saturated heterocycles. The summed E-state index contributed by atoms with van der Waals surface area (Å²) in [5.74, 6) is 0.311. The standard InChI is InChI=1S/C12H10FN3S/c13-9-2-1-3-10(6-9)16-11-5-4-8(7-15-11)12(14)17/h1-7H,(H2,14,17)(H,15,16). The first-order valence-corrected chi connectivity index (χ1v) is 5.34. The molecule has 0 aliphatic carbocycles. The summed E-state index contributed by atoms with van der Waals surface area (Å²) in [5.41, 5.74) is 6.80. The van der Waals surface area contributed by atoms with Crippen LogP contribution in [0, 0.1) is 5.82 Å². The number of anilines is 2. The van der Waals surface area contributed by atoms with E-state index >= 15 is 0 Å². The number of benzene rings is 1. The Balaban J connectivity index is 2.16. The molecule has 3 nitrogen and oxygen atoms in total. The summed E-state index contributed by atoms with van der Waals surface area (Å²) in [6, 6.07) is 9.65. The quantitative estimate of drug-likeness (QED) is 0.819. The van der Waals surface area contributed by atoms with Gasteiger partial charge in [-0.25, -0.2) is 9.37 Å². The maximum absolute atomic E-state index is 12.9. The Bertz CT molecular complexity index is 540. The van der Waals surface area contributed by atoms with Crippen LogP contribution in [-0.4, -0.2) is 9.97 Å². The Kier molecular flexibility index (Phi) is 3.30. The first kappa shape index (κ1) is 11.5. The predicted octanol–water partition coefficient (Wildman–Crippen LogP) is 2.60. The minimum atomic E-state index is -0.297. The van der Waals surface area contributed by atoms with E-state index in [1.807, 2.05) is 0 Å². The van der Waals surface area contributed by atoms with Crippen molar-refractivity contribution in [2.75, 3.05) is 5.32 Å². The van der Waals surface area contributed by atoms with Crippen LogP contribution in [0.15, 0.2) is 42.6 Å². The number of hydrogen-bond acceptors (Lipinski definition) is 3. The van der Waals surface area contributed by atoms with Crippen LogP contribution in [0.2, 0.25) is 0 Å². The molecule has 0 fully saturated rings. The summed E-state index contributed by atoms with van der Waals surface area (Å²) in [6.45, 7) is 0. The monoisotopic (exact) mass is 247 g/mol. The van der Waals surface area contributed by atoms with Gasteiger partial charge in [-0.3, -0.25) is 0 Å². The number of halogens is 1. The molecule has 5 heteroatoms. The van der Waals surface area contributed by atoms with Crippen molar-refractivity contribution < 1.29 is 4.39 Å². The lowest BCUT2D eigenvalue weighted by molar-refractivity contribution is 0.628. The van der Waals surface area contributed by atoms with Gasteiger partial charge in [0.05, 0.1) is 0 Å². The van der Waals surface area contributed by atoms with Crippen LogP contribution in [0.5, 0.6) is 0 Å². The van der Waals surface area contributed by atoms with Gasteiger partial charge < -0.3 is 11.1 Å². The fraction of sp³-hybridized carbons (Fsp3) is 0. The molecule has 0 unspecified atom stereocenters. The zero-order valence-electron chi connectivity index (χ0n) is 8.85. The SMILES string of the molecule is NC(=S)c1ccc(Nc2cccc(F)c2)nc1. The van der Waals surface area contributed by atoms with Crippen molar-refractivity contribution in [1.82, 2.24) is 4.98 Å². The van der Waals surface area contributed by atoms with Gasteiger partial charge in [-0.2, -0.15) is 0 Å². The van der Waals surface area contributed by atoms with Crippen LogP contribution in [0.1, 0.15) is 5.56 Å². The predicted molar refractivity (Wildman–Crippen MR) is 69.8 cm³/mol. The lowest BCUT2D eigenvalue weighted by Gasteiger charge is -2.06. The van der Waals surface area contributed by atoms with Gasteiger partial charge >= 0.3 is 0 Å². The van der Waals surface area contributed by atoms with Gasteiger partial charge in [-0.15, -0.1) is 0 Å². The van der Waals surface area contributed by atoms with Crippen molar-refractivity contribution in [2.24, 2.45) is 5.73 Å². The molecule has 17 heavy (non-hydrogen) atoms. The summed E-state index contributed by atoms with van der Waals surface area (Å²) in [5, 5.41) is 2.98. The third kappa shape index (κ3) is 2.98. The molecule has 0 aliphatic rings. The minimum absolute atomic E-state index is 0.297. The molecule has 0 amide bonds. The normalized spacial score (nSPS) is 9.94. The van der Waals surface area contributed by atoms with E-state index in [0.717, 1.165) is 0 Å². The molecule has 1 aromatic carbocycles. The third-order valence-corrected chi connectivity index (χ3v) is 2.38. The van der Waals surface area contributed by atoms with Crippen LogP contribution in [0.25, 0.3) is 0 Å². The summed E-state index contributed by atoms with van der Waals surface area (Å²) in [6.07, 6.45) is 1.57. The van der Waals surface area contributed by atoms with Gasteiger partial charge in [-0.05, 0) is 30.3 Å². The van der Waals surface area contributed by atoms with Crippen molar-refractivity contribution in [3.8, 4) is 0 Å². The molecule has 0 radical (unpaired) electrons. The van der Waals surface area contributed by atoms with Crippen LogP contribution in [0.4, 0.5) is 15.9 Å². The fourth-order valence-electron chi connectivity index (χ4n) is 1.33. The Labute approximate surface area is 103 Å². The van der Waals surface area contributed by atoms with Crippen molar-refractivity contribution in [2.45, 2.75) is 0 Å². The summed E-state index contributed by atoms with van der Waals surface area (Å²) < 4.78 is 12.9. The van der Waals surface area contributed by atoms with Gasteiger partial charge in [0.1, 0.15) is 16.6 Å². The number of aromatic nitrogens is 1. The molecule has 86 valence electrons. The highest BCUT2D eigenvalue weighted by atomic mass is 32.1. The average molecular weight is 247 g/mol. The first-order valence-electron chi connectivity index (χ1n) is 4.93. The maximum Gasteiger partial charge on any atom is 0.130 e. The van der Waals surface area contributed by atoms with Gasteiger partial charge in [0.25, 0.3) is 0 Å². The molecule has 0 aliphatic heterocycles. The third-order valence-electron chi connectivity index (χ3n) is 2.15. The highest BCUT2D eigenvalue weighted by molar-refractivity contribution is 7.80. The summed E-state index contributed by atoms with van der Waals surface area (Å²) >= 11 is 4.82. The fourth-order valence-corrected chi connectivity index (χ4v) is 1.45. The van der Waals surface area contributed by atoms with E-state index in [9.17, 15) is 4.39 Å². The molecule has 1 heterocycles. The molecule has 3 N–H and O–H groups in total. The lowest BCUT2D eigenvalue weighted by Crippen LogP contribution is -2.09. The molecule has 0 bridgehead atoms. The van der Waals surface area contributed by atoms with Gasteiger partial charge in [0.2, 0.25) is 0 Å². The van der Waals surface area contributed by atoms with Crippen LogP contribution in [-0.2, 0) is 0 Å². The van der Waals surface area contributed by atoms with Crippen LogP contribution < -0.4 is 11.1 Å². The second-order valence-corrected chi connectivity index (χ2v) is 3.87. The second-order valence-electron chi connectivity index (χ2n) is 3.43. The minimum Gasteiger partial charge on any atom is -0.389 e. The highest BCUT2D eigenvalue weighted by Crippen LogP contribution is 2.15. The zero-order chi connectivity index (χ0) is 12.3.